The highest BCUT2D eigenvalue weighted by Crippen LogP contribution is 2.30. The Balaban J connectivity index is 2.46. The second-order valence-corrected chi connectivity index (χ2v) is 5.14. The second kappa shape index (κ2) is 4.65. The lowest BCUT2D eigenvalue weighted by atomic mass is 10.2. The number of nitrogens with two attached hydrogens (primary N) is 1. The molecule has 1 atom stereocenters. The molecule has 1 aromatic heterocycles. The molecule has 1 aromatic carbocycles. The zero-order valence-electron chi connectivity index (χ0n) is 8.45. The van der Waals surface area contributed by atoms with Crippen LogP contribution in [-0.2, 0) is 0 Å². The van der Waals surface area contributed by atoms with Crippen LogP contribution in [0.15, 0.2) is 31.7 Å². The highest BCUT2D eigenvalue weighted by molar-refractivity contribution is 9.11. The van der Waals surface area contributed by atoms with E-state index in [9.17, 15) is 0 Å². The number of hydrogen-bond acceptors (Lipinski definition) is 4. The van der Waals surface area contributed by atoms with Crippen LogP contribution < -0.4 is 5.73 Å². The van der Waals surface area contributed by atoms with Crippen molar-refractivity contribution in [2.24, 2.45) is 5.73 Å². The van der Waals surface area contributed by atoms with Gasteiger partial charge in [-0.15, -0.1) is 0 Å². The summed E-state index contributed by atoms with van der Waals surface area (Å²) in [4.78, 5) is 4.23. The number of hydrogen-bond donors (Lipinski definition) is 1. The first-order chi connectivity index (χ1) is 7.58. The standard InChI is InChI=1S/C10H9Br2N3O/c1-5(13)9-14-10(16-15-9)7-4-6(11)2-3-8(7)12/h2-5H,13H2,1H3. The Kier molecular flexibility index (Phi) is 3.41. The Morgan fingerprint density at radius 2 is 2.12 bits per heavy atom. The van der Waals surface area contributed by atoms with Gasteiger partial charge in [0.25, 0.3) is 5.89 Å². The van der Waals surface area contributed by atoms with Gasteiger partial charge in [0, 0.05) is 8.95 Å². The third kappa shape index (κ3) is 2.34. The van der Waals surface area contributed by atoms with Gasteiger partial charge in [0.15, 0.2) is 5.82 Å². The predicted octanol–water partition coefficient (Wildman–Crippen LogP) is 3.28. The molecule has 0 fully saturated rings. The van der Waals surface area contributed by atoms with Crippen molar-refractivity contribution >= 4 is 31.9 Å². The molecular weight excluding hydrogens is 338 g/mol. The van der Waals surface area contributed by atoms with Gasteiger partial charge in [-0.05, 0) is 41.1 Å². The summed E-state index contributed by atoms with van der Waals surface area (Å²) in [5.74, 6) is 0.961. The van der Waals surface area contributed by atoms with Crippen LogP contribution >= 0.6 is 31.9 Å². The summed E-state index contributed by atoms with van der Waals surface area (Å²) in [6.45, 7) is 1.81. The summed E-state index contributed by atoms with van der Waals surface area (Å²) in [5.41, 5.74) is 6.51. The van der Waals surface area contributed by atoms with E-state index in [1.807, 2.05) is 25.1 Å². The van der Waals surface area contributed by atoms with E-state index >= 15 is 0 Å². The lowest BCUT2D eigenvalue weighted by Gasteiger charge is -1.99. The van der Waals surface area contributed by atoms with Crippen molar-refractivity contribution in [2.45, 2.75) is 13.0 Å². The maximum Gasteiger partial charge on any atom is 0.259 e. The van der Waals surface area contributed by atoms with E-state index in [1.165, 1.54) is 0 Å². The molecular formula is C10H9Br2N3O. The number of aromatic nitrogens is 2. The number of benzene rings is 1. The van der Waals surface area contributed by atoms with Gasteiger partial charge in [-0.2, -0.15) is 4.98 Å². The molecule has 0 radical (unpaired) electrons. The molecule has 1 unspecified atom stereocenters. The summed E-state index contributed by atoms with van der Waals surface area (Å²) in [7, 11) is 0. The van der Waals surface area contributed by atoms with Gasteiger partial charge in [-0.3, -0.25) is 0 Å². The minimum absolute atomic E-state index is 0.233. The van der Waals surface area contributed by atoms with Crippen LogP contribution in [0.5, 0.6) is 0 Å². The SMILES string of the molecule is CC(N)c1noc(-c2cc(Br)ccc2Br)n1. The van der Waals surface area contributed by atoms with Gasteiger partial charge in [0.2, 0.25) is 0 Å². The van der Waals surface area contributed by atoms with Crippen LogP contribution in [0.4, 0.5) is 0 Å². The first-order valence-electron chi connectivity index (χ1n) is 4.62. The smallest absolute Gasteiger partial charge is 0.259 e. The van der Waals surface area contributed by atoms with Crippen LogP contribution in [0.3, 0.4) is 0 Å². The first kappa shape index (κ1) is 11.8. The monoisotopic (exact) mass is 345 g/mol. The Bertz CT molecular complexity index is 511. The average molecular weight is 347 g/mol. The van der Waals surface area contributed by atoms with E-state index < -0.39 is 0 Å². The van der Waals surface area contributed by atoms with Gasteiger partial charge in [-0.1, -0.05) is 21.1 Å². The van der Waals surface area contributed by atoms with Crippen molar-refractivity contribution in [2.75, 3.05) is 0 Å². The van der Waals surface area contributed by atoms with Crippen molar-refractivity contribution in [3.05, 3.63) is 33.0 Å². The highest BCUT2D eigenvalue weighted by atomic mass is 79.9. The van der Waals surface area contributed by atoms with Crippen LogP contribution in [0.25, 0.3) is 11.5 Å². The minimum atomic E-state index is -0.233. The molecule has 6 heteroatoms. The summed E-state index contributed by atoms with van der Waals surface area (Å²) in [5, 5.41) is 3.82. The Labute approximate surface area is 109 Å². The zero-order valence-corrected chi connectivity index (χ0v) is 11.6. The maximum atomic E-state index is 5.67. The van der Waals surface area contributed by atoms with Crippen molar-refractivity contribution in [3.8, 4) is 11.5 Å². The molecule has 0 saturated heterocycles. The van der Waals surface area contributed by atoms with Gasteiger partial charge >= 0.3 is 0 Å². The van der Waals surface area contributed by atoms with Crippen LogP contribution in [-0.4, -0.2) is 10.1 Å². The molecule has 2 aromatic rings. The van der Waals surface area contributed by atoms with Crippen LogP contribution in [0, 0.1) is 0 Å². The van der Waals surface area contributed by atoms with Crippen molar-refractivity contribution in [1.29, 1.82) is 0 Å². The summed E-state index contributed by atoms with van der Waals surface area (Å²) >= 11 is 6.83. The summed E-state index contributed by atoms with van der Waals surface area (Å²) in [6.07, 6.45) is 0. The molecule has 4 nitrogen and oxygen atoms in total. The third-order valence-corrected chi connectivity index (χ3v) is 3.19. The third-order valence-electron chi connectivity index (χ3n) is 2.01. The fraction of sp³-hybridized carbons (Fsp3) is 0.200. The van der Waals surface area contributed by atoms with E-state index in [0.717, 1.165) is 14.5 Å². The molecule has 0 saturated carbocycles. The highest BCUT2D eigenvalue weighted by Gasteiger charge is 2.14. The van der Waals surface area contributed by atoms with E-state index in [2.05, 4.69) is 42.0 Å². The number of halogens is 2. The average Bonchev–Trinajstić information content (AvgIpc) is 2.70. The normalized spacial score (nSPS) is 12.8. The summed E-state index contributed by atoms with van der Waals surface area (Å²) in [6, 6.07) is 5.51. The Morgan fingerprint density at radius 1 is 1.38 bits per heavy atom. The molecule has 2 rings (SSSR count). The topological polar surface area (TPSA) is 64.9 Å². The first-order valence-corrected chi connectivity index (χ1v) is 6.21. The van der Waals surface area contributed by atoms with Gasteiger partial charge < -0.3 is 10.3 Å². The van der Waals surface area contributed by atoms with E-state index in [0.29, 0.717) is 11.7 Å². The largest absolute Gasteiger partial charge is 0.334 e. The van der Waals surface area contributed by atoms with Crippen molar-refractivity contribution in [3.63, 3.8) is 0 Å². The van der Waals surface area contributed by atoms with Gasteiger partial charge in [0.1, 0.15) is 0 Å². The lowest BCUT2D eigenvalue weighted by Crippen LogP contribution is -2.06. The molecule has 0 bridgehead atoms. The van der Waals surface area contributed by atoms with E-state index in [-0.39, 0.29) is 6.04 Å². The maximum absolute atomic E-state index is 5.67. The molecule has 0 aliphatic heterocycles. The van der Waals surface area contributed by atoms with Crippen LogP contribution in [0.1, 0.15) is 18.8 Å². The quantitative estimate of drug-likeness (QED) is 0.906. The molecule has 2 N–H and O–H groups in total. The van der Waals surface area contributed by atoms with E-state index in [1.54, 1.807) is 0 Å². The molecule has 0 aliphatic rings. The minimum Gasteiger partial charge on any atom is -0.334 e. The lowest BCUT2D eigenvalue weighted by molar-refractivity contribution is 0.418. The molecule has 0 aliphatic carbocycles. The molecule has 84 valence electrons. The second-order valence-electron chi connectivity index (χ2n) is 3.37. The number of nitrogens with zero attached hydrogens (tertiary/aromatic N) is 2. The number of rotatable bonds is 2. The molecule has 16 heavy (non-hydrogen) atoms. The van der Waals surface area contributed by atoms with Gasteiger partial charge in [-0.25, -0.2) is 0 Å². The fourth-order valence-electron chi connectivity index (χ4n) is 1.19. The Morgan fingerprint density at radius 3 is 2.75 bits per heavy atom. The fourth-order valence-corrected chi connectivity index (χ4v) is 1.97. The van der Waals surface area contributed by atoms with Crippen LogP contribution in [0.2, 0.25) is 0 Å². The molecule has 0 spiro atoms. The van der Waals surface area contributed by atoms with Gasteiger partial charge in [0.05, 0.1) is 11.6 Å². The molecule has 0 amide bonds. The molecule has 1 heterocycles. The zero-order chi connectivity index (χ0) is 11.7. The predicted molar refractivity (Wildman–Crippen MR) is 67.7 cm³/mol. The van der Waals surface area contributed by atoms with Crippen molar-refractivity contribution in [1.82, 2.24) is 10.1 Å². The van der Waals surface area contributed by atoms with Crippen molar-refractivity contribution < 1.29 is 4.52 Å². The Hall–Kier alpha value is -0.720. The summed E-state index contributed by atoms with van der Waals surface area (Å²) < 4.78 is 7.00. The van der Waals surface area contributed by atoms with E-state index in [4.69, 9.17) is 10.3 Å².